The molecule has 0 saturated heterocycles. The highest BCUT2D eigenvalue weighted by Gasteiger charge is 2.24. The molecule has 1 aliphatic rings. The van der Waals surface area contributed by atoms with E-state index >= 15 is 0 Å². The minimum Gasteiger partial charge on any atom is -0.356 e. The van der Waals surface area contributed by atoms with Crippen molar-refractivity contribution in [2.24, 2.45) is 0 Å². The van der Waals surface area contributed by atoms with E-state index in [0.29, 0.717) is 5.54 Å². The number of hydrogen-bond acceptors (Lipinski definition) is 1. The fraction of sp³-hybridized carbons (Fsp3) is 1.00. The molecule has 0 atom stereocenters. The molecule has 0 unspecified atom stereocenters. The molecule has 0 aromatic carbocycles. The summed E-state index contributed by atoms with van der Waals surface area (Å²) < 4.78 is 0. The third kappa shape index (κ3) is 2.01. The zero-order valence-electron chi connectivity index (χ0n) is 7.11. The van der Waals surface area contributed by atoms with Crippen LogP contribution in [0.25, 0.3) is 0 Å². The Morgan fingerprint density at radius 2 is 1.80 bits per heavy atom. The molecule has 0 aliphatic heterocycles. The lowest BCUT2D eigenvalue weighted by Crippen LogP contribution is -2.44. The fourth-order valence-electron chi connectivity index (χ4n) is 1.82. The SMILES string of the molecule is C[B]NC1(C)CCCCC1. The summed E-state index contributed by atoms with van der Waals surface area (Å²) >= 11 is 0. The van der Waals surface area contributed by atoms with Gasteiger partial charge in [0.05, 0.1) is 0 Å². The minimum absolute atomic E-state index is 0.424. The Morgan fingerprint density at radius 3 is 2.30 bits per heavy atom. The van der Waals surface area contributed by atoms with E-state index in [1.165, 1.54) is 32.1 Å². The Hall–Kier alpha value is 0.0249. The number of rotatable bonds is 2. The van der Waals surface area contributed by atoms with Gasteiger partial charge in [0.1, 0.15) is 0 Å². The van der Waals surface area contributed by atoms with E-state index in [-0.39, 0.29) is 0 Å². The molecule has 0 amide bonds. The first-order valence-corrected chi connectivity index (χ1v) is 4.32. The molecule has 1 radical (unpaired) electrons. The smallest absolute Gasteiger partial charge is 0.202 e. The average Bonchev–Trinajstić information content (AvgIpc) is 1.89. The van der Waals surface area contributed by atoms with Crippen LogP contribution in [0.1, 0.15) is 39.0 Å². The summed E-state index contributed by atoms with van der Waals surface area (Å²) in [7, 11) is 2.07. The second-order valence-electron chi connectivity index (χ2n) is 3.55. The summed E-state index contributed by atoms with van der Waals surface area (Å²) in [6.07, 6.45) is 6.92. The lowest BCUT2D eigenvalue weighted by molar-refractivity contribution is 0.296. The van der Waals surface area contributed by atoms with Gasteiger partial charge in [0, 0.05) is 5.54 Å². The predicted octanol–water partition coefficient (Wildman–Crippen LogP) is 1.97. The van der Waals surface area contributed by atoms with Crippen LogP contribution < -0.4 is 5.23 Å². The van der Waals surface area contributed by atoms with E-state index in [0.717, 1.165) is 0 Å². The van der Waals surface area contributed by atoms with Crippen molar-refractivity contribution >= 4 is 7.41 Å². The van der Waals surface area contributed by atoms with Crippen LogP contribution in [0.3, 0.4) is 0 Å². The van der Waals surface area contributed by atoms with Crippen molar-refractivity contribution < 1.29 is 0 Å². The summed E-state index contributed by atoms with van der Waals surface area (Å²) in [6, 6.07) is 0. The molecule has 1 saturated carbocycles. The van der Waals surface area contributed by atoms with Crippen molar-refractivity contribution in [3.63, 3.8) is 0 Å². The van der Waals surface area contributed by atoms with Crippen LogP contribution in [0.5, 0.6) is 0 Å². The van der Waals surface area contributed by atoms with Gasteiger partial charge in [0.25, 0.3) is 0 Å². The molecule has 1 fully saturated rings. The van der Waals surface area contributed by atoms with Crippen LogP contribution >= 0.6 is 0 Å². The van der Waals surface area contributed by atoms with Gasteiger partial charge in [0.2, 0.25) is 7.41 Å². The maximum atomic E-state index is 3.44. The van der Waals surface area contributed by atoms with Crippen LogP contribution in [0.2, 0.25) is 6.82 Å². The Bertz CT molecular complexity index is 91.9. The molecule has 0 aromatic heterocycles. The highest BCUT2D eigenvalue weighted by atomic mass is 14.9. The van der Waals surface area contributed by atoms with Crippen molar-refractivity contribution in [3.8, 4) is 0 Å². The average molecular weight is 138 g/mol. The monoisotopic (exact) mass is 138 g/mol. The molecule has 57 valence electrons. The van der Waals surface area contributed by atoms with Crippen LogP contribution in [0, 0.1) is 0 Å². The highest BCUT2D eigenvalue weighted by Crippen LogP contribution is 2.26. The summed E-state index contributed by atoms with van der Waals surface area (Å²) in [5.41, 5.74) is 0.424. The standard InChI is InChI=1S/C8H17BN/c1-8(10-9-2)6-4-3-5-7-8/h10H,3-7H2,1-2H3. The van der Waals surface area contributed by atoms with Crippen molar-refractivity contribution in [2.45, 2.75) is 51.4 Å². The second kappa shape index (κ2) is 3.43. The molecule has 1 N–H and O–H groups in total. The third-order valence-electron chi connectivity index (χ3n) is 2.45. The van der Waals surface area contributed by atoms with Gasteiger partial charge in [-0.1, -0.05) is 26.1 Å². The number of hydrogen-bond donors (Lipinski definition) is 1. The van der Waals surface area contributed by atoms with Gasteiger partial charge in [0.15, 0.2) is 0 Å². The Kier molecular flexibility index (Phi) is 2.78. The van der Waals surface area contributed by atoms with Gasteiger partial charge >= 0.3 is 0 Å². The zero-order chi connectivity index (χ0) is 7.45. The summed E-state index contributed by atoms with van der Waals surface area (Å²) in [4.78, 5) is 0. The molecule has 0 spiro atoms. The van der Waals surface area contributed by atoms with E-state index in [2.05, 4.69) is 26.4 Å². The Morgan fingerprint density at radius 1 is 1.20 bits per heavy atom. The largest absolute Gasteiger partial charge is 0.356 e. The Labute approximate surface area is 64.8 Å². The lowest BCUT2D eigenvalue weighted by atomic mass is 9.79. The Balaban J connectivity index is 2.32. The minimum atomic E-state index is 0.424. The second-order valence-corrected chi connectivity index (χ2v) is 3.55. The zero-order valence-corrected chi connectivity index (χ0v) is 7.11. The van der Waals surface area contributed by atoms with E-state index in [4.69, 9.17) is 0 Å². The molecule has 0 aromatic rings. The fourth-order valence-corrected chi connectivity index (χ4v) is 1.82. The van der Waals surface area contributed by atoms with Gasteiger partial charge < -0.3 is 5.23 Å². The molecule has 1 nitrogen and oxygen atoms in total. The van der Waals surface area contributed by atoms with Gasteiger partial charge in [-0.3, -0.25) is 0 Å². The first kappa shape index (κ1) is 8.12. The van der Waals surface area contributed by atoms with Crippen LogP contribution in [0.15, 0.2) is 0 Å². The molecular weight excluding hydrogens is 121 g/mol. The van der Waals surface area contributed by atoms with Crippen molar-refractivity contribution in [3.05, 3.63) is 0 Å². The molecule has 10 heavy (non-hydrogen) atoms. The normalized spacial score (nSPS) is 24.2. The van der Waals surface area contributed by atoms with Crippen LogP contribution in [0.4, 0.5) is 0 Å². The van der Waals surface area contributed by atoms with Crippen LogP contribution in [-0.2, 0) is 0 Å². The van der Waals surface area contributed by atoms with Gasteiger partial charge in [-0.15, -0.1) is 0 Å². The number of nitrogens with one attached hydrogen (secondary N) is 1. The summed E-state index contributed by atoms with van der Waals surface area (Å²) in [5, 5.41) is 3.44. The highest BCUT2D eigenvalue weighted by molar-refractivity contribution is 6.30. The maximum absolute atomic E-state index is 3.44. The predicted molar refractivity (Wildman–Crippen MR) is 46.2 cm³/mol. The van der Waals surface area contributed by atoms with Gasteiger partial charge in [-0.25, -0.2) is 0 Å². The first-order valence-electron chi connectivity index (χ1n) is 4.32. The molecule has 1 aliphatic carbocycles. The van der Waals surface area contributed by atoms with E-state index < -0.39 is 0 Å². The van der Waals surface area contributed by atoms with E-state index in [1.807, 2.05) is 0 Å². The molecule has 2 heteroatoms. The maximum Gasteiger partial charge on any atom is 0.202 e. The molecule has 0 bridgehead atoms. The molecule has 0 heterocycles. The van der Waals surface area contributed by atoms with E-state index in [1.54, 1.807) is 0 Å². The topological polar surface area (TPSA) is 12.0 Å². The van der Waals surface area contributed by atoms with Crippen molar-refractivity contribution in [1.29, 1.82) is 0 Å². The molecular formula is C8H17BN. The third-order valence-corrected chi connectivity index (χ3v) is 2.45. The molecule has 1 rings (SSSR count). The summed E-state index contributed by atoms with van der Waals surface area (Å²) in [6.45, 7) is 4.39. The first-order chi connectivity index (χ1) is 4.77. The van der Waals surface area contributed by atoms with Crippen molar-refractivity contribution in [1.82, 2.24) is 5.23 Å². The van der Waals surface area contributed by atoms with E-state index in [9.17, 15) is 0 Å². The van der Waals surface area contributed by atoms with Gasteiger partial charge in [-0.05, 0) is 19.8 Å². The summed E-state index contributed by atoms with van der Waals surface area (Å²) in [5.74, 6) is 0. The van der Waals surface area contributed by atoms with Gasteiger partial charge in [-0.2, -0.15) is 0 Å². The lowest BCUT2D eigenvalue weighted by Gasteiger charge is -2.34. The quantitative estimate of drug-likeness (QED) is 0.575. The van der Waals surface area contributed by atoms with Crippen molar-refractivity contribution in [2.75, 3.05) is 0 Å². The van der Waals surface area contributed by atoms with Crippen LogP contribution in [-0.4, -0.2) is 13.0 Å².